The van der Waals surface area contributed by atoms with Gasteiger partial charge in [-0.25, -0.2) is 13.8 Å². The standard InChI is InChI=1S/C14H13F2N3O/c1-8-7-9(15)3-4-11(8)19-14(20)10-5-6-18-13(17-2)12(10)16/h3-7H,1-2H3,(H,17,18)(H,19,20). The van der Waals surface area contributed by atoms with E-state index < -0.39 is 17.5 Å². The Balaban J connectivity index is 2.28. The van der Waals surface area contributed by atoms with E-state index in [2.05, 4.69) is 15.6 Å². The number of aromatic nitrogens is 1. The highest BCUT2D eigenvalue weighted by molar-refractivity contribution is 6.05. The van der Waals surface area contributed by atoms with Gasteiger partial charge in [0.15, 0.2) is 11.6 Å². The summed E-state index contributed by atoms with van der Waals surface area (Å²) in [5, 5.41) is 5.10. The van der Waals surface area contributed by atoms with Gasteiger partial charge in [0.25, 0.3) is 5.91 Å². The third-order valence-electron chi connectivity index (χ3n) is 2.81. The number of rotatable bonds is 3. The second kappa shape index (κ2) is 5.64. The van der Waals surface area contributed by atoms with E-state index in [0.29, 0.717) is 11.3 Å². The second-order valence-electron chi connectivity index (χ2n) is 4.18. The highest BCUT2D eigenvalue weighted by Gasteiger charge is 2.16. The van der Waals surface area contributed by atoms with Crippen LogP contribution in [-0.4, -0.2) is 17.9 Å². The first-order valence-corrected chi connectivity index (χ1v) is 5.92. The Morgan fingerprint density at radius 2 is 2.00 bits per heavy atom. The van der Waals surface area contributed by atoms with Crippen LogP contribution in [0.3, 0.4) is 0 Å². The molecular weight excluding hydrogens is 264 g/mol. The van der Waals surface area contributed by atoms with Crippen LogP contribution in [0.5, 0.6) is 0 Å². The molecule has 0 aliphatic rings. The van der Waals surface area contributed by atoms with E-state index in [0.717, 1.165) is 0 Å². The summed E-state index contributed by atoms with van der Waals surface area (Å²) in [5.41, 5.74) is 0.855. The number of nitrogens with zero attached hydrogens (tertiary/aromatic N) is 1. The molecule has 0 saturated carbocycles. The number of nitrogens with one attached hydrogen (secondary N) is 2. The van der Waals surface area contributed by atoms with E-state index in [1.807, 2.05) is 0 Å². The summed E-state index contributed by atoms with van der Waals surface area (Å²) < 4.78 is 26.9. The van der Waals surface area contributed by atoms with Gasteiger partial charge < -0.3 is 10.6 Å². The number of halogens is 2. The van der Waals surface area contributed by atoms with Gasteiger partial charge in [-0.05, 0) is 36.8 Å². The minimum Gasteiger partial charge on any atom is -0.371 e. The van der Waals surface area contributed by atoms with Crippen molar-refractivity contribution in [3.8, 4) is 0 Å². The van der Waals surface area contributed by atoms with Crippen LogP contribution in [0.15, 0.2) is 30.5 Å². The number of aryl methyl sites for hydroxylation is 1. The van der Waals surface area contributed by atoms with Gasteiger partial charge in [0.1, 0.15) is 5.82 Å². The molecule has 2 N–H and O–H groups in total. The summed E-state index contributed by atoms with van der Waals surface area (Å²) in [4.78, 5) is 15.8. The molecule has 0 aliphatic heterocycles. The van der Waals surface area contributed by atoms with Crippen molar-refractivity contribution in [1.29, 1.82) is 0 Å². The van der Waals surface area contributed by atoms with Gasteiger partial charge in [0.2, 0.25) is 0 Å². The first kappa shape index (κ1) is 13.9. The predicted molar refractivity (Wildman–Crippen MR) is 72.8 cm³/mol. The molecular formula is C14H13F2N3O. The van der Waals surface area contributed by atoms with E-state index >= 15 is 0 Å². The van der Waals surface area contributed by atoms with Crippen molar-refractivity contribution >= 4 is 17.4 Å². The number of hydrogen-bond acceptors (Lipinski definition) is 3. The van der Waals surface area contributed by atoms with Crippen LogP contribution in [0.4, 0.5) is 20.3 Å². The van der Waals surface area contributed by atoms with Crippen LogP contribution in [-0.2, 0) is 0 Å². The fraction of sp³-hybridized carbons (Fsp3) is 0.143. The number of amides is 1. The molecule has 6 heteroatoms. The van der Waals surface area contributed by atoms with Crippen molar-refractivity contribution in [3.05, 3.63) is 53.2 Å². The first-order valence-electron chi connectivity index (χ1n) is 5.92. The van der Waals surface area contributed by atoms with E-state index in [-0.39, 0.29) is 11.4 Å². The zero-order valence-electron chi connectivity index (χ0n) is 11.0. The smallest absolute Gasteiger partial charge is 0.258 e. The van der Waals surface area contributed by atoms with E-state index in [4.69, 9.17) is 0 Å². The molecule has 1 aromatic carbocycles. The van der Waals surface area contributed by atoms with Gasteiger partial charge in [0, 0.05) is 18.9 Å². The number of carbonyl (C=O) groups is 1. The average Bonchev–Trinajstić information content (AvgIpc) is 2.42. The van der Waals surface area contributed by atoms with Crippen LogP contribution in [0, 0.1) is 18.6 Å². The molecule has 0 atom stereocenters. The lowest BCUT2D eigenvalue weighted by atomic mass is 10.1. The molecule has 0 bridgehead atoms. The van der Waals surface area contributed by atoms with Crippen molar-refractivity contribution in [2.45, 2.75) is 6.92 Å². The van der Waals surface area contributed by atoms with Crippen molar-refractivity contribution in [1.82, 2.24) is 4.98 Å². The number of anilines is 2. The van der Waals surface area contributed by atoms with Crippen molar-refractivity contribution in [3.63, 3.8) is 0 Å². The molecule has 1 amide bonds. The highest BCUT2D eigenvalue weighted by Crippen LogP contribution is 2.19. The van der Waals surface area contributed by atoms with Crippen molar-refractivity contribution < 1.29 is 13.6 Å². The monoisotopic (exact) mass is 277 g/mol. The number of pyridine rings is 1. The topological polar surface area (TPSA) is 54.0 Å². The molecule has 2 rings (SSSR count). The average molecular weight is 277 g/mol. The number of hydrogen-bond donors (Lipinski definition) is 2. The summed E-state index contributed by atoms with van der Waals surface area (Å²) in [6, 6.07) is 5.23. The van der Waals surface area contributed by atoms with Gasteiger partial charge >= 0.3 is 0 Å². The van der Waals surface area contributed by atoms with Crippen LogP contribution >= 0.6 is 0 Å². The van der Waals surface area contributed by atoms with Gasteiger partial charge in [-0.3, -0.25) is 4.79 Å². The Kier molecular flexibility index (Phi) is 3.93. The maximum absolute atomic E-state index is 13.9. The van der Waals surface area contributed by atoms with Gasteiger partial charge in [0.05, 0.1) is 5.56 Å². The van der Waals surface area contributed by atoms with Gasteiger partial charge in [-0.1, -0.05) is 0 Å². The predicted octanol–water partition coefficient (Wildman–Crippen LogP) is 2.96. The molecule has 1 heterocycles. The SMILES string of the molecule is CNc1nccc(C(=O)Nc2ccc(F)cc2C)c1F. The zero-order valence-corrected chi connectivity index (χ0v) is 11.0. The Labute approximate surface area is 114 Å². The quantitative estimate of drug-likeness (QED) is 0.907. The third-order valence-corrected chi connectivity index (χ3v) is 2.81. The normalized spacial score (nSPS) is 10.2. The van der Waals surface area contributed by atoms with Crippen LogP contribution in [0.2, 0.25) is 0 Å². The Hall–Kier alpha value is -2.50. The fourth-order valence-corrected chi connectivity index (χ4v) is 1.75. The lowest BCUT2D eigenvalue weighted by Crippen LogP contribution is -2.16. The summed E-state index contributed by atoms with van der Waals surface area (Å²) in [7, 11) is 1.51. The largest absolute Gasteiger partial charge is 0.371 e. The molecule has 4 nitrogen and oxygen atoms in total. The summed E-state index contributed by atoms with van der Waals surface area (Å²) >= 11 is 0. The molecule has 0 fully saturated rings. The Morgan fingerprint density at radius 3 is 2.65 bits per heavy atom. The summed E-state index contributed by atoms with van der Waals surface area (Å²) in [6.07, 6.45) is 1.33. The van der Waals surface area contributed by atoms with E-state index in [1.54, 1.807) is 6.92 Å². The number of benzene rings is 1. The Bertz CT molecular complexity index is 659. The molecule has 0 radical (unpaired) electrons. The van der Waals surface area contributed by atoms with Crippen LogP contribution in [0.25, 0.3) is 0 Å². The molecule has 0 aliphatic carbocycles. The molecule has 1 aromatic heterocycles. The number of carbonyl (C=O) groups excluding carboxylic acids is 1. The van der Waals surface area contributed by atoms with Crippen molar-refractivity contribution in [2.24, 2.45) is 0 Å². The third kappa shape index (κ3) is 2.74. The van der Waals surface area contributed by atoms with Gasteiger partial charge in [-0.15, -0.1) is 0 Å². The first-order chi connectivity index (χ1) is 9.52. The maximum Gasteiger partial charge on any atom is 0.258 e. The Morgan fingerprint density at radius 1 is 1.25 bits per heavy atom. The van der Waals surface area contributed by atoms with E-state index in [1.165, 1.54) is 37.5 Å². The molecule has 104 valence electrons. The van der Waals surface area contributed by atoms with Crippen LogP contribution in [0.1, 0.15) is 15.9 Å². The molecule has 20 heavy (non-hydrogen) atoms. The molecule has 2 aromatic rings. The molecule has 0 saturated heterocycles. The molecule has 0 spiro atoms. The van der Waals surface area contributed by atoms with E-state index in [9.17, 15) is 13.6 Å². The zero-order chi connectivity index (χ0) is 14.7. The second-order valence-corrected chi connectivity index (χ2v) is 4.18. The highest BCUT2D eigenvalue weighted by atomic mass is 19.1. The summed E-state index contributed by atoms with van der Waals surface area (Å²) in [5.74, 6) is -1.75. The lowest BCUT2D eigenvalue weighted by molar-refractivity contribution is 0.102. The minimum absolute atomic E-state index is 0.00604. The van der Waals surface area contributed by atoms with Gasteiger partial charge in [-0.2, -0.15) is 0 Å². The minimum atomic E-state index is -0.729. The maximum atomic E-state index is 13.9. The summed E-state index contributed by atoms with van der Waals surface area (Å²) in [6.45, 7) is 1.65. The van der Waals surface area contributed by atoms with Crippen molar-refractivity contribution in [2.75, 3.05) is 17.7 Å². The fourth-order valence-electron chi connectivity index (χ4n) is 1.75. The van der Waals surface area contributed by atoms with Crippen LogP contribution < -0.4 is 10.6 Å². The lowest BCUT2D eigenvalue weighted by Gasteiger charge is -2.10. The molecule has 0 unspecified atom stereocenters.